The van der Waals surface area contributed by atoms with E-state index in [1.165, 1.54) is 186 Å². The summed E-state index contributed by atoms with van der Waals surface area (Å²) in [5, 5.41) is 14.0. The van der Waals surface area contributed by atoms with Crippen molar-refractivity contribution >= 4 is 13.7 Å². The molecule has 0 saturated heterocycles. The van der Waals surface area contributed by atoms with Gasteiger partial charge in [-0.05, 0) is 103 Å². The van der Waals surface area contributed by atoms with E-state index < -0.39 is 20.0 Å². The van der Waals surface area contributed by atoms with Gasteiger partial charge >= 0.3 is 7.82 Å². The molecular formula is C75H134N2O6P+. The minimum Gasteiger partial charge on any atom is -0.387 e. The van der Waals surface area contributed by atoms with Crippen molar-refractivity contribution in [2.24, 2.45) is 0 Å². The Hall–Kier alpha value is -3.10. The molecule has 484 valence electrons. The van der Waals surface area contributed by atoms with Crippen LogP contribution in [0.3, 0.4) is 0 Å². The maximum absolute atomic E-state index is 13.0. The van der Waals surface area contributed by atoms with Gasteiger partial charge in [0.15, 0.2) is 0 Å². The Morgan fingerprint density at radius 1 is 0.417 bits per heavy atom. The lowest BCUT2D eigenvalue weighted by atomic mass is 10.0. The van der Waals surface area contributed by atoms with Gasteiger partial charge in [-0.1, -0.05) is 309 Å². The predicted octanol–water partition coefficient (Wildman–Crippen LogP) is 22.4. The number of carbonyl (C=O) groups is 1. The number of nitrogens with one attached hydrogen (secondary N) is 1. The number of hydrogen-bond acceptors (Lipinski definition) is 5. The van der Waals surface area contributed by atoms with Crippen molar-refractivity contribution < 1.29 is 32.9 Å². The molecule has 0 heterocycles. The van der Waals surface area contributed by atoms with Crippen molar-refractivity contribution in [3.8, 4) is 0 Å². The summed E-state index contributed by atoms with van der Waals surface area (Å²) in [5.41, 5.74) is 0. The summed E-state index contributed by atoms with van der Waals surface area (Å²) in [5.74, 6) is -0.194. The monoisotopic (exact) mass is 1190 g/mol. The van der Waals surface area contributed by atoms with E-state index >= 15 is 0 Å². The Morgan fingerprint density at radius 2 is 0.726 bits per heavy atom. The summed E-state index contributed by atoms with van der Waals surface area (Å²) in [7, 11) is 1.54. The molecule has 0 radical (unpaired) electrons. The minimum absolute atomic E-state index is 0.0486. The van der Waals surface area contributed by atoms with Crippen LogP contribution in [0.2, 0.25) is 0 Å². The van der Waals surface area contributed by atoms with E-state index in [4.69, 9.17) is 9.05 Å². The fourth-order valence-electron chi connectivity index (χ4n) is 9.76. The number of unbranched alkanes of at least 4 members (excludes halogenated alkanes) is 32. The highest BCUT2D eigenvalue weighted by Gasteiger charge is 2.28. The number of rotatable bonds is 63. The van der Waals surface area contributed by atoms with E-state index in [-0.39, 0.29) is 19.1 Å². The SMILES string of the molecule is CC/C=C\C/C=C\C/C=C\C/C=C\C/C=C\C/C=C\C/C=C\CCCCCCCCCCCCCCCC(=O)NC(COP(=O)(O)OCC[N+](C)(C)C)C(O)/C=C/CC/C=C/CC/C=C/CCCCCCCCCCCCCCCCCCC. The van der Waals surface area contributed by atoms with E-state index in [9.17, 15) is 19.4 Å². The molecule has 0 bridgehead atoms. The second kappa shape index (κ2) is 64.4. The lowest BCUT2D eigenvalue weighted by molar-refractivity contribution is -0.870. The average molecular weight is 1190 g/mol. The van der Waals surface area contributed by atoms with E-state index in [2.05, 4.69) is 129 Å². The van der Waals surface area contributed by atoms with Gasteiger partial charge in [0, 0.05) is 6.42 Å². The van der Waals surface area contributed by atoms with Gasteiger partial charge in [-0.2, -0.15) is 0 Å². The molecule has 0 spiro atoms. The van der Waals surface area contributed by atoms with E-state index in [1.807, 2.05) is 27.2 Å². The largest absolute Gasteiger partial charge is 0.472 e. The molecular weight excluding hydrogens is 1060 g/mol. The standard InChI is InChI=1S/C75H133N2O6P/c1-6-8-10-12-14-16-18-20-22-24-26-28-30-32-34-35-36-37-38-39-40-41-43-45-47-49-51-53-55-57-59-61-63-65-67-69-75(79)76-73(72-83-84(80,81)82-71-70-77(3,4)5)74(78)68-66-64-62-60-58-56-54-52-50-48-46-44-42-33-31-29-27-25-23-21-19-17-15-13-11-9-7-2/h8,10,14,16,20,22,26,28,32,34,36-37,39-40,50,52,58,60,66,68,73-74,78H,6-7,9,11-13,15,17-19,21,23-25,27,29-31,33,35,38,41-49,51,53-57,59,61-65,67,69-72H2,1-5H3,(H-,76,79,80,81)/p+1/b10-8-,16-14-,22-20-,28-26-,34-32-,37-36-,40-39-,52-50+,60-58+,68-66+. The van der Waals surface area contributed by atoms with Gasteiger partial charge < -0.3 is 19.8 Å². The summed E-state index contributed by atoms with van der Waals surface area (Å²) < 4.78 is 23.8. The van der Waals surface area contributed by atoms with Crippen LogP contribution < -0.4 is 5.32 Å². The predicted molar refractivity (Wildman–Crippen MR) is 368 cm³/mol. The summed E-state index contributed by atoms with van der Waals surface area (Å²) in [6.45, 7) is 4.69. The van der Waals surface area contributed by atoms with Crippen LogP contribution >= 0.6 is 7.82 Å². The van der Waals surface area contributed by atoms with Crippen LogP contribution in [0.15, 0.2) is 122 Å². The normalized spacial score (nSPS) is 14.4. The zero-order chi connectivity index (χ0) is 61.2. The molecule has 3 N–H and O–H groups in total. The molecule has 3 atom stereocenters. The maximum atomic E-state index is 13.0. The third kappa shape index (κ3) is 66.4. The van der Waals surface area contributed by atoms with E-state index in [0.29, 0.717) is 17.4 Å². The molecule has 0 aromatic heterocycles. The molecule has 0 aromatic rings. The quantitative estimate of drug-likeness (QED) is 0.0243. The van der Waals surface area contributed by atoms with Crippen LogP contribution in [0, 0.1) is 0 Å². The van der Waals surface area contributed by atoms with Crippen LogP contribution in [0.25, 0.3) is 0 Å². The maximum Gasteiger partial charge on any atom is 0.472 e. The molecule has 0 fully saturated rings. The van der Waals surface area contributed by atoms with Crippen LogP contribution in [0.4, 0.5) is 0 Å². The third-order valence-electron chi connectivity index (χ3n) is 15.1. The number of aliphatic hydroxyl groups is 1. The first-order valence-corrected chi connectivity index (χ1v) is 36.4. The molecule has 0 rings (SSSR count). The average Bonchev–Trinajstić information content (AvgIpc) is 3.56. The first kappa shape index (κ1) is 80.9. The first-order valence-electron chi connectivity index (χ1n) is 34.9. The van der Waals surface area contributed by atoms with Gasteiger partial charge in [0.05, 0.1) is 39.9 Å². The van der Waals surface area contributed by atoms with Crippen molar-refractivity contribution in [2.75, 3.05) is 40.9 Å². The first-order chi connectivity index (χ1) is 41.0. The van der Waals surface area contributed by atoms with Crippen molar-refractivity contribution in [3.05, 3.63) is 122 Å². The minimum atomic E-state index is -4.37. The molecule has 0 aliphatic rings. The molecule has 0 saturated carbocycles. The molecule has 8 nitrogen and oxygen atoms in total. The summed E-state index contributed by atoms with van der Waals surface area (Å²) in [4.78, 5) is 23.4. The Kier molecular flexibility index (Phi) is 62.0. The highest BCUT2D eigenvalue weighted by molar-refractivity contribution is 7.47. The van der Waals surface area contributed by atoms with Crippen LogP contribution in [0.1, 0.15) is 296 Å². The van der Waals surface area contributed by atoms with Crippen LogP contribution in [-0.4, -0.2) is 73.4 Å². The van der Waals surface area contributed by atoms with Crippen LogP contribution in [0.5, 0.6) is 0 Å². The van der Waals surface area contributed by atoms with E-state index in [1.54, 1.807) is 6.08 Å². The number of aliphatic hydroxyl groups excluding tert-OH is 1. The Balaban J connectivity index is 4.16. The summed E-state index contributed by atoms with van der Waals surface area (Å²) >= 11 is 0. The lowest BCUT2D eigenvalue weighted by Gasteiger charge is -2.25. The topological polar surface area (TPSA) is 105 Å². The number of nitrogens with zero attached hydrogens (tertiary/aromatic N) is 1. The van der Waals surface area contributed by atoms with Crippen LogP contribution in [-0.2, 0) is 18.4 Å². The summed E-state index contributed by atoms with van der Waals surface area (Å²) in [6.07, 6.45) is 96.3. The number of allylic oxidation sites excluding steroid dienone is 19. The number of likely N-dealkylation sites (N-methyl/N-ethyl adjacent to an activating group) is 1. The number of carbonyl (C=O) groups excluding carboxylic acids is 1. The number of amides is 1. The fourth-order valence-corrected chi connectivity index (χ4v) is 10.5. The van der Waals surface area contributed by atoms with Crippen molar-refractivity contribution in [1.82, 2.24) is 5.32 Å². The number of phosphoric acid groups is 1. The number of hydrogen-bond donors (Lipinski definition) is 3. The zero-order valence-corrected chi connectivity index (χ0v) is 56.3. The zero-order valence-electron chi connectivity index (χ0n) is 55.4. The van der Waals surface area contributed by atoms with Gasteiger partial charge in [-0.15, -0.1) is 0 Å². The van der Waals surface area contributed by atoms with Gasteiger partial charge in [-0.25, -0.2) is 4.57 Å². The van der Waals surface area contributed by atoms with Crippen molar-refractivity contribution in [2.45, 2.75) is 309 Å². The number of phosphoric ester groups is 1. The van der Waals surface area contributed by atoms with Gasteiger partial charge in [0.25, 0.3) is 0 Å². The fraction of sp³-hybridized carbons (Fsp3) is 0.720. The Labute approximate surface area is 520 Å². The van der Waals surface area contributed by atoms with Gasteiger partial charge in [0.2, 0.25) is 5.91 Å². The van der Waals surface area contributed by atoms with Gasteiger partial charge in [0.1, 0.15) is 13.2 Å². The lowest BCUT2D eigenvalue weighted by Crippen LogP contribution is -2.45. The molecule has 0 aliphatic carbocycles. The molecule has 3 unspecified atom stereocenters. The Bertz CT molecular complexity index is 1780. The smallest absolute Gasteiger partial charge is 0.387 e. The van der Waals surface area contributed by atoms with Crippen molar-refractivity contribution in [1.29, 1.82) is 0 Å². The Morgan fingerprint density at radius 3 is 1.10 bits per heavy atom. The highest BCUT2D eigenvalue weighted by atomic mass is 31.2. The third-order valence-corrected chi connectivity index (χ3v) is 16.1. The number of quaternary nitrogens is 1. The molecule has 1 amide bonds. The summed E-state index contributed by atoms with van der Waals surface area (Å²) in [6, 6.07) is -0.880. The van der Waals surface area contributed by atoms with E-state index in [0.717, 1.165) is 89.9 Å². The molecule has 9 heteroatoms. The second-order valence-electron chi connectivity index (χ2n) is 24.5. The second-order valence-corrected chi connectivity index (χ2v) is 26.0. The van der Waals surface area contributed by atoms with Crippen molar-refractivity contribution in [3.63, 3.8) is 0 Å². The highest BCUT2D eigenvalue weighted by Crippen LogP contribution is 2.43. The molecule has 0 aromatic carbocycles. The molecule has 84 heavy (non-hydrogen) atoms. The van der Waals surface area contributed by atoms with Gasteiger partial charge in [-0.3, -0.25) is 13.8 Å². The molecule has 0 aliphatic heterocycles.